The number of carboxylic acids is 1. The second kappa shape index (κ2) is 4.77. The highest BCUT2D eigenvalue weighted by Gasteiger charge is 2.29. The number of hydrogen-bond donors (Lipinski definition) is 1. The first-order valence-electron chi connectivity index (χ1n) is 6.29. The van der Waals surface area contributed by atoms with Crippen LogP contribution in [0.2, 0.25) is 0 Å². The largest absolute Gasteiger partial charge is 0.491 e. The van der Waals surface area contributed by atoms with Crippen molar-refractivity contribution < 1.29 is 23.4 Å². The SMILES string of the molecule is COc1c(F)c(F)cc2c(=S)c(C(=O)O)cn(C3CC3)c12. The van der Waals surface area contributed by atoms with Crippen LogP contribution in [-0.4, -0.2) is 22.8 Å². The normalized spacial score (nSPS) is 14.4. The maximum atomic E-state index is 13.9. The van der Waals surface area contributed by atoms with Gasteiger partial charge in [0.2, 0.25) is 5.82 Å². The van der Waals surface area contributed by atoms with E-state index in [9.17, 15) is 18.7 Å². The van der Waals surface area contributed by atoms with Crippen molar-refractivity contribution in [3.05, 3.63) is 34.0 Å². The third-order valence-electron chi connectivity index (χ3n) is 3.54. The second-order valence-electron chi connectivity index (χ2n) is 4.92. The van der Waals surface area contributed by atoms with E-state index < -0.39 is 17.6 Å². The summed E-state index contributed by atoms with van der Waals surface area (Å²) >= 11 is 5.11. The number of methoxy groups -OCH3 is 1. The summed E-state index contributed by atoms with van der Waals surface area (Å²) < 4.78 is 34.2. The number of pyridine rings is 1. The highest BCUT2D eigenvalue weighted by atomic mass is 32.1. The molecule has 110 valence electrons. The minimum absolute atomic E-state index is 0.0217. The molecule has 0 atom stereocenters. The summed E-state index contributed by atoms with van der Waals surface area (Å²) in [6.45, 7) is 0. The lowest BCUT2D eigenvalue weighted by molar-refractivity contribution is 0.0695. The van der Waals surface area contributed by atoms with Crippen molar-refractivity contribution in [2.75, 3.05) is 7.11 Å². The van der Waals surface area contributed by atoms with E-state index >= 15 is 0 Å². The zero-order chi connectivity index (χ0) is 15.3. The van der Waals surface area contributed by atoms with Gasteiger partial charge in [-0.25, -0.2) is 9.18 Å². The third kappa shape index (κ3) is 2.08. The highest BCUT2D eigenvalue weighted by molar-refractivity contribution is 7.71. The Morgan fingerprint density at radius 2 is 2.14 bits per heavy atom. The molecule has 0 spiro atoms. The molecule has 0 bridgehead atoms. The molecule has 0 saturated heterocycles. The average Bonchev–Trinajstić information content (AvgIpc) is 3.26. The van der Waals surface area contributed by atoms with Crippen LogP contribution in [0.1, 0.15) is 29.2 Å². The van der Waals surface area contributed by atoms with Crippen LogP contribution in [0.25, 0.3) is 10.9 Å². The molecule has 1 aliphatic carbocycles. The number of aromatic carboxylic acids is 1. The van der Waals surface area contributed by atoms with Crippen LogP contribution < -0.4 is 4.74 Å². The van der Waals surface area contributed by atoms with Crippen molar-refractivity contribution in [1.82, 2.24) is 4.57 Å². The molecule has 1 aromatic carbocycles. The predicted octanol–water partition coefficient (Wildman–Crippen LogP) is 3.69. The summed E-state index contributed by atoms with van der Waals surface area (Å²) in [7, 11) is 1.24. The first kappa shape index (κ1) is 13.9. The number of halogens is 2. The fourth-order valence-corrected chi connectivity index (χ4v) is 2.70. The van der Waals surface area contributed by atoms with Gasteiger partial charge in [0.05, 0.1) is 22.7 Å². The molecule has 2 aromatic rings. The molecule has 1 heterocycles. The fraction of sp³-hybridized carbons (Fsp3) is 0.286. The van der Waals surface area contributed by atoms with Gasteiger partial charge in [0.25, 0.3) is 0 Å². The first-order valence-corrected chi connectivity index (χ1v) is 6.70. The molecule has 1 saturated carbocycles. The van der Waals surface area contributed by atoms with Crippen LogP contribution in [0.3, 0.4) is 0 Å². The van der Waals surface area contributed by atoms with Crippen LogP contribution in [0, 0.1) is 16.1 Å². The third-order valence-corrected chi connectivity index (χ3v) is 3.98. The number of fused-ring (bicyclic) bond motifs is 1. The Morgan fingerprint density at radius 1 is 1.48 bits per heavy atom. The van der Waals surface area contributed by atoms with Gasteiger partial charge in [-0.2, -0.15) is 4.39 Å². The minimum atomic E-state index is -1.19. The van der Waals surface area contributed by atoms with Gasteiger partial charge in [-0.15, -0.1) is 0 Å². The molecule has 1 aliphatic rings. The molecule has 1 aromatic heterocycles. The van der Waals surface area contributed by atoms with E-state index in [2.05, 4.69) is 0 Å². The number of aromatic nitrogens is 1. The van der Waals surface area contributed by atoms with Crippen molar-refractivity contribution >= 4 is 29.1 Å². The Balaban J connectivity index is 2.52. The fourth-order valence-electron chi connectivity index (χ4n) is 2.41. The maximum Gasteiger partial charge on any atom is 0.338 e. The van der Waals surface area contributed by atoms with Crippen LogP contribution in [0.5, 0.6) is 5.75 Å². The van der Waals surface area contributed by atoms with E-state index in [0.717, 1.165) is 18.9 Å². The lowest BCUT2D eigenvalue weighted by Gasteiger charge is -2.16. The van der Waals surface area contributed by atoms with E-state index in [1.54, 1.807) is 4.57 Å². The topological polar surface area (TPSA) is 51.5 Å². The Bertz CT molecular complexity index is 827. The van der Waals surface area contributed by atoms with Gasteiger partial charge in [0, 0.05) is 17.6 Å². The van der Waals surface area contributed by atoms with Gasteiger partial charge in [0.15, 0.2) is 11.6 Å². The molecule has 3 rings (SSSR count). The summed E-state index contributed by atoms with van der Waals surface area (Å²) in [5.41, 5.74) is 0.200. The Morgan fingerprint density at radius 3 is 2.67 bits per heavy atom. The quantitative estimate of drug-likeness (QED) is 0.878. The lowest BCUT2D eigenvalue weighted by Crippen LogP contribution is -2.08. The van der Waals surface area contributed by atoms with Gasteiger partial charge in [-0.05, 0) is 18.9 Å². The van der Waals surface area contributed by atoms with Crippen molar-refractivity contribution in [1.29, 1.82) is 0 Å². The summed E-state index contributed by atoms with van der Waals surface area (Å²) in [5, 5.41) is 9.40. The van der Waals surface area contributed by atoms with Crippen molar-refractivity contribution in [3.63, 3.8) is 0 Å². The van der Waals surface area contributed by atoms with Gasteiger partial charge in [0.1, 0.15) is 0 Å². The van der Waals surface area contributed by atoms with Crippen molar-refractivity contribution in [3.8, 4) is 5.75 Å². The van der Waals surface area contributed by atoms with Crippen LogP contribution in [-0.2, 0) is 0 Å². The summed E-state index contributed by atoms with van der Waals surface area (Å²) in [4.78, 5) is 11.3. The molecule has 4 nitrogen and oxygen atoms in total. The molecule has 7 heteroatoms. The second-order valence-corrected chi connectivity index (χ2v) is 5.33. The number of nitrogens with zero attached hydrogens (tertiary/aromatic N) is 1. The molecule has 21 heavy (non-hydrogen) atoms. The number of ether oxygens (including phenoxy) is 1. The predicted molar refractivity (Wildman–Crippen MR) is 74.5 cm³/mol. The minimum Gasteiger partial charge on any atom is -0.491 e. The number of hydrogen-bond acceptors (Lipinski definition) is 3. The zero-order valence-electron chi connectivity index (χ0n) is 11.0. The van der Waals surface area contributed by atoms with Crippen molar-refractivity contribution in [2.24, 2.45) is 0 Å². The van der Waals surface area contributed by atoms with Crippen molar-refractivity contribution in [2.45, 2.75) is 18.9 Å². The standard InChI is InChI=1S/C14H11F2NO3S/c1-20-12-10(16)9(15)4-7-11(12)17(6-2-3-6)5-8(13(7)21)14(18)19/h4-6H,2-3H2,1H3,(H,18,19). The maximum absolute atomic E-state index is 13.9. The summed E-state index contributed by atoms with van der Waals surface area (Å²) in [6, 6.07) is 0.987. The van der Waals surface area contributed by atoms with Gasteiger partial charge in [-0.3, -0.25) is 0 Å². The van der Waals surface area contributed by atoms with Gasteiger partial charge >= 0.3 is 5.97 Å². The zero-order valence-corrected chi connectivity index (χ0v) is 11.8. The van der Waals surface area contributed by atoms with Gasteiger partial charge < -0.3 is 14.4 Å². The molecule has 1 N–H and O–H groups in total. The number of carbonyl (C=O) groups is 1. The van der Waals surface area contributed by atoms with Crippen LogP contribution in [0.15, 0.2) is 12.3 Å². The van der Waals surface area contributed by atoms with Crippen LogP contribution >= 0.6 is 12.2 Å². The molecule has 0 aliphatic heterocycles. The van der Waals surface area contributed by atoms with E-state index in [-0.39, 0.29) is 27.3 Å². The first-order chi connectivity index (χ1) is 9.95. The van der Waals surface area contributed by atoms with Gasteiger partial charge in [-0.1, -0.05) is 12.2 Å². The molecule has 0 amide bonds. The Hall–Kier alpha value is -2.02. The highest BCUT2D eigenvalue weighted by Crippen LogP contribution is 2.41. The van der Waals surface area contributed by atoms with E-state index in [4.69, 9.17) is 17.0 Å². The Labute approximate surface area is 123 Å². The molecule has 0 radical (unpaired) electrons. The molecule has 1 fully saturated rings. The monoisotopic (exact) mass is 311 g/mol. The summed E-state index contributed by atoms with van der Waals surface area (Å²) in [6.07, 6.45) is 3.07. The number of rotatable bonds is 3. The molecule has 0 unspecified atom stereocenters. The summed E-state index contributed by atoms with van der Waals surface area (Å²) in [5.74, 6) is -3.66. The average molecular weight is 311 g/mol. The lowest BCUT2D eigenvalue weighted by atomic mass is 10.1. The molecular formula is C14H11F2NO3S. The Kier molecular flexibility index (Phi) is 3.16. The smallest absolute Gasteiger partial charge is 0.338 e. The van der Waals surface area contributed by atoms with E-state index in [1.165, 1.54) is 13.3 Å². The number of carboxylic acid groups (broad SMARTS) is 1. The molecular weight excluding hydrogens is 300 g/mol. The van der Waals surface area contributed by atoms with Crippen LogP contribution in [0.4, 0.5) is 8.78 Å². The van der Waals surface area contributed by atoms with E-state index in [1.807, 2.05) is 0 Å². The number of benzene rings is 1. The van der Waals surface area contributed by atoms with E-state index in [0.29, 0.717) is 5.52 Å².